The summed E-state index contributed by atoms with van der Waals surface area (Å²) >= 11 is 1.58. The lowest BCUT2D eigenvalue weighted by atomic mass is 10.2. The highest BCUT2D eigenvalue weighted by molar-refractivity contribution is 7.19. The number of nitrogens with zero attached hydrogens (tertiary/aromatic N) is 1. The Balaban J connectivity index is 1.53. The van der Waals surface area contributed by atoms with Crippen LogP contribution in [-0.2, 0) is 4.79 Å². The van der Waals surface area contributed by atoms with E-state index in [1.165, 1.54) is 6.42 Å². The second-order valence-corrected chi connectivity index (χ2v) is 7.08. The Labute approximate surface area is 134 Å². The molecule has 2 aromatic rings. The van der Waals surface area contributed by atoms with Gasteiger partial charge in [0.2, 0.25) is 5.91 Å². The Morgan fingerprint density at radius 1 is 1.50 bits per heavy atom. The highest BCUT2D eigenvalue weighted by Gasteiger charge is 2.22. The molecule has 0 saturated carbocycles. The standard InChI is InChI=1S/C17H22N2O2S/c1-12-5-4-8-19(12)11-17(21)18-10-14(20)16-9-13-6-2-3-7-15(13)22-16/h2-3,6-7,9,12,14,20H,4-5,8,10-11H2,1H3,(H,18,21). The van der Waals surface area contributed by atoms with Crippen molar-refractivity contribution >= 4 is 27.3 Å². The molecule has 0 aliphatic carbocycles. The Morgan fingerprint density at radius 3 is 3.05 bits per heavy atom. The van der Waals surface area contributed by atoms with E-state index in [1.54, 1.807) is 11.3 Å². The molecule has 2 unspecified atom stereocenters. The van der Waals surface area contributed by atoms with Crippen LogP contribution >= 0.6 is 11.3 Å². The van der Waals surface area contributed by atoms with E-state index in [4.69, 9.17) is 0 Å². The first-order valence-electron chi connectivity index (χ1n) is 7.81. The number of thiophene rings is 1. The number of carbonyl (C=O) groups is 1. The lowest BCUT2D eigenvalue weighted by Gasteiger charge is -2.20. The fraction of sp³-hybridized carbons (Fsp3) is 0.471. The first-order chi connectivity index (χ1) is 10.6. The molecule has 3 rings (SSSR count). The third-order valence-corrected chi connectivity index (χ3v) is 5.52. The van der Waals surface area contributed by atoms with Crippen LogP contribution in [0, 0.1) is 0 Å². The van der Waals surface area contributed by atoms with Gasteiger partial charge in [-0.3, -0.25) is 9.69 Å². The fourth-order valence-corrected chi connectivity index (χ4v) is 4.00. The van der Waals surface area contributed by atoms with Gasteiger partial charge in [0.15, 0.2) is 0 Å². The number of hydrogen-bond donors (Lipinski definition) is 2. The van der Waals surface area contributed by atoms with Crippen molar-refractivity contribution in [2.75, 3.05) is 19.6 Å². The van der Waals surface area contributed by atoms with Gasteiger partial charge in [-0.1, -0.05) is 18.2 Å². The molecule has 1 saturated heterocycles. The third-order valence-electron chi connectivity index (χ3n) is 4.30. The predicted octanol–water partition coefficient (Wildman–Crippen LogP) is 2.54. The zero-order valence-electron chi connectivity index (χ0n) is 12.8. The summed E-state index contributed by atoms with van der Waals surface area (Å²) in [5.74, 6) is -0.00564. The number of nitrogens with one attached hydrogen (secondary N) is 1. The molecule has 0 spiro atoms. The molecule has 2 heterocycles. The molecule has 22 heavy (non-hydrogen) atoms. The smallest absolute Gasteiger partial charge is 0.234 e. The van der Waals surface area contributed by atoms with Gasteiger partial charge in [0.25, 0.3) is 0 Å². The number of rotatable bonds is 5. The summed E-state index contributed by atoms with van der Waals surface area (Å²) in [5, 5.41) is 14.3. The molecule has 4 nitrogen and oxygen atoms in total. The van der Waals surface area contributed by atoms with Crippen LogP contribution in [0.1, 0.15) is 30.7 Å². The third kappa shape index (κ3) is 3.48. The SMILES string of the molecule is CC1CCCN1CC(=O)NCC(O)c1cc2ccccc2s1. The molecular weight excluding hydrogens is 296 g/mol. The maximum absolute atomic E-state index is 12.0. The summed E-state index contributed by atoms with van der Waals surface area (Å²) in [5.41, 5.74) is 0. The monoisotopic (exact) mass is 318 g/mol. The molecular formula is C17H22N2O2S. The first-order valence-corrected chi connectivity index (χ1v) is 8.62. The number of benzene rings is 1. The lowest BCUT2D eigenvalue weighted by molar-refractivity contribution is -0.122. The molecule has 2 N–H and O–H groups in total. The Hall–Kier alpha value is -1.43. The van der Waals surface area contributed by atoms with Crippen molar-refractivity contribution in [2.24, 2.45) is 0 Å². The van der Waals surface area contributed by atoms with E-state index >= 15 is 0 Å². The van der Waals surface area contributed by atoms with Crippen LogP contribution in [-0.4, -0.2) is 41.6 Å². The quantitative estimate of drug-likeness (QED) is 0.891. The lowest BCUT2D eigenvalue weighted by Crippen LogP contribution is -2.40. The van der Waals surface area contributed by atoms with Crippen molar-refractivity contribution in [1.82, 2.24) is 10.2 Å². The molecule has 1 aromatic carbocycles. The van der Waals surface area contributed by atoms with Gasteiger partial charge in [0, 0.05) is 22.2 Å². The molecule has 1 amide bonds. The van der Waals surface area contributed by atoms with E-state index in [0.717, 1.165) is 27.9 Å². The Bertz CT molecular complexity index is 622. The molecule has 0 radical (unpaired) electrons. The summed E-state index contributed by atoms with van der Waals surface area (Å²) in [7, 11) is 0. The molecule has 1 aliphatic heterocycles. The van der Waals surface area contributed by atoms with Gasteiger partial charge in [0.05, 0.1) is 6.54 Å². The topological polar surface area (TPSA) is 52.6 Å². The maximum Gasteiger partial charge on any atom is 0.234 e. The van der Waals surface area contributed by atoms with Crippen molar-refractivity contribution in [3.8, 4) is 0 Å². The summed E-state index contributed by atoms with van der Waals surface area (Å²) in [6.45, 7) is 3.86. The number of likely N-dealkylation sites (tertiary alicyclic amines) is 1. The number of hydrogen-bond acceptors (Lipinski definition) is 4. The van der Waals surface area contributed by atoms with Crippen LogP contribution in [0.25, 0.3) is 10.1 Å². The van der Waals surface area contributed by atoms with Gasteiger partial charge >= 0.3 is 0 Å². The Morgan fingerprint density at radius 2 is 2.32 bits per heavy atom. The second-order valence-electron chi connectivity index (χ2n) is 5.97. The molecule has 2 atom stereocenters. The van der Waals surface area contributed by atoms with Crippen molar-refractivity contribution in [2.45, 2.75) is 31.9 Å². The number of carbonyl (C=O) groups excluding carboxylic acids is 1. The van der Waals surface area contributed by atoms with E-state index in [1.807, 2.05) is 30.3 Å². The van der Waals surface area contributed by atoms with Crippen LogP contribution < -0.4 is 5.32 Å². The van der Waals surface area contributed by atoms with Crippen molar-refractivity contribution < 1.29 is 9.90 Å². The van der Waals surface area contributed by atoms with E-state index in [2.05, 4.69) is 17.1 Å². The van der Waals surface area contributed by atoms with Crippen LogP contribution in [0.5, 0.6) is 0 Å². The number of fused-ring (bicyclic) bond motifs is 1. The molecule has 5 heteroatoms. The molecule has 118 valence electrons. The molecule has 1 aromatic heterocycles. The van der Waals surface area contributed by atoms with Gasteiger partial charge < -0.3 is 10.4 Å². The number of amides is 1. The molecule has 0 bridgehead atoms. The van der Waals surface area contributed by atoms with Gasteiger partial charge in [-0.05, 0) is 43.8 Å². The average molecular weight is 318 g/mol. The molecule has 1 aliphatic rings. The van der Waals surface area contributed by atoms with Crippen LogP contribution in [0.15, 0.2) is 30.3 Å². The number of aliphatic hydroxyl groups is 1. The average Bonchev–Trinajstić information content (AvgIpc) is 3.11. The first kappa shape index (κ1) is 15.5. The maximum atomic E-state index is 12.0. The summed E-state index contributed by atoms with van der Waals surface area (Å²) in [6, 6.07) is 10.6. The van der Waals surface area contributed by atoms with Gasteiger partial charge in [-0.2, -0.15) is 0 Å². The van der Waals surface area contributed by atoms with Gasteiger partial charge in [-0.15, -0.1) is 11.3 Å². The van der Waals surface area contributed by atoms with E-state index in [-0.39, 0.29) is 12.5 Å². The number of aliphatic hydroxyl groups excluding tert-OH is 1. The predicted molar refractivity (Wildman–Crippen MR) is 90.1 cm³/mol. The normalized spacial score (nSPS) is 20.4. The van der Waals surface area contributed by atoms with E-state index in [9.17, 15) is 9.90 Å². The zero-order valence-corrected chi connectivity index (χ0v) is 13.6. The summed E-state index contributed by atoms with van der Waals surface area (Å²) in [6.07, 6.45) is 1.69. The van der Waals surface area contributed by atoms with E-state index in [0.29, 0.717) is 12.6 Å². The zero-order chi connectivity index (χ0) is 15.5. The van der Waals surface area contributed by atoms with Gasteiger partial charge in [0.1, 0.15) is 6.10 Å². The van der Waals surface area contributed by atoms with Crippen molar-refractivity contribution in [3.05, 3.63) is 35.2 Å². The second kappa shape index (κ2) is 6.77. The fourth-order valence-electron chi connectivity index (χ4n) is 2.95. The van der Waals surface area contributed by atoms with Gasteiger partial charge in [-0.25, -0.2) is 0 Å². The summed E-state index contributed by atoms with van der Waals surface area (Å²) in [4.78, 5) is 15.1. The minimum absolute atomic E-state index is 0.00564. The minimum atomic E-state index is -0.641. The largest absolute Gasteiger partial charge is 0.386 e. The van der Waals surface area contributed by atoms with Crippen molar-refractivity contribution in [3.63, 3.8) is 0 Å². The van der Waals surface area contributed by atoms with Crippen LogP contribution in [0.3, 0.4) is 0 Å². The molecule has 1 fully saturated rings. The summed E-state index contributed by atoms with van der Waals surface area (Å²) < 4.78 is 1.16. The van der Waals surface area contributed by atoms with Crippen LogP contribution in [0.4, 0.5) is 0 Å². The van der Waals surface area contributed by atoms with Crippen molar-refractivity contribution in [1.29, 1.82) is 0 Å². The Kier molecular flexibility index (Phi) is 4.76. The highest BCUT2D eigenvalue weighted by atomic mass is 32.1. The van der Waals surface area contributed by atoms with E-state index < -0.39 is 6.10 Å². The minimum Gasteiger partial charge on any atom is -0.386 e. The van der Waals surface area contributed by atoms with Crippen LogP contribution in [0.2, 0.25) is 0 Å². The highest BCUT2D eigenvalue weighted by Crippen LogP contribution is 2.29.